The molecule has 4 rings (SSSR count). The second kappa shape index (κ2) is 5.35. The second-order valence-electron chi connectivity index (χ2n) is 6.47. The Hall–Kier alpha value is -2.33. The summed E-state index contributed by atoms with van der Waals surface area (Å²) in [6.45, 7) is 2.00. The van der Waals surface area contributed by atoms with Crippen molar-refractivity contribution in [3.05, 3.63) is 64.2 Å². The highest BCUT2D eigenvalue weighted by molar-refractivity contribution is 6.31. The highest BCUT2D eigenvalue weighted by Gasteiger charge is 2.55. The maximum Gasteiger partial charge on any atom is 0.237 e. The molecule has 1 spiro atoms. The number of carbonyl (C=O) groups excluding carboxylic acids is 2. The van der Waals surface area contributed by atoms with Crippen molar-refractivity contribution in [1.82, 2.24) is 5.32 Å². The van der Waals surface area contributed by atoms with Crippen molar-refractivity contribution in [2.45, 2.75) is 31.2 Å². The Morgan fingerprint density at radius 1 is 1.17 bits per heavy atom. The first-order valence-electron chi connectivity index (χ1n) is 7.99. The van der Waals surface area contributed by atoms with Gasteiger partial charge in [-0.1, -0.05) is 41.9 Å². The largest absolute Gasteiger partial charge is 0.348 e. The number of piperidine rings is 1. The summed E-state index contributed by atoms with van der Waals surface area (Å²) < 4.78 is 0. The molecule has 0 aliphatic carbocycles. The van der Waals surface area contributed by atoms with Crippen LogP contribution in [0.1, 0.15) is 35.6 Å². The SMILES string of the molecule is Cc1ccccc1[C@H]1NC(=O)CC[C@]12C(=O)Nc1cc(Cl)ccc12. The van der Waals surface area contributed by atoms with E-state index >= 15 is 0 Å². The first-order chi connectivity index (χ1) is 11.5. The van der Waals surface area contributed by atoms with Crippen molar-refractivity contribution >= 4 is 29.1 Å². The summed E-state index contributed by atoms with van der Waals surface area (Å²) in [5.74, 6) is -0.0999. The lowest BCUT2D eigenvalue weighted by atomic mass is 9.67. The summed E-state index contributed by atoms with van der Waals surface area (Å²) in [6.07, 6.45) is 0.816. The third kappa shape index (κ3) is 2.06. The van der Waals surface area contributed by atoms with Crippen molar-refractivity contribution in [3.63, 3.8) is 0 Å². The number of amides is 2. The second-order valence-corrected chi connectivity index (χ2v) is 6.91. The molecule has 1 saturated heterocycles. The number of hydrogen-bond acceptors (Lipinski definition) is 2. The zero-order valence-corrected chi connectivity index (χ0v) is 14.0. The Balaban J connectivity index is 1.93. The van der Waals surface area contributed by atoms with Gasteiger partial charge in [-0.15, -0.1) is 0 Å². The third-order valence-electron chi connectivity index (χ3n) is 5.16. The number of anilines is 1. The maximum absolute atomic E-state index is 13.0. The standard InChI is InChI=1S/C19H17ClN2O2/c1-11-4-2-3-5-13(11)17-19(9-8-16(23)22-17)14-7-6-12(20)10-15(14)21-18(19)24/h2-7,10,17H,8-9H2,1H3,(H,21,24)(H,22,23)/t17-,19-/m1/s1. The fourth-order valence-electron chi connectivity index (χ4n) is 3.97. The summed E-state index contributed by atoms with van der Waals surface area (Å²) in [5, 5.41) is 6.60. The molecule has 5 heteroatoms. The minimum Gasteiger partial charge on any atom is -0.348 e. The zero-order chi connectivity index (χ0) is 16.9. The zero-order valence-electron chi connectivity index (χ0n) is 13.2. The summed E-state index contributed by atoms with van der Waals surface area (Å²) in [6, 6.07) is 13.0. The number of benzene rings is 2. The summed E-state index contributed by atoms with van der Waals surface area (Å²) >= 11 is 6.08. The van der Waals surface area contributed by atoms with Crippen LogP contribution in [0.5, 0.6) is 0 Å². The Labute approximate surface area is 145 Å². The molecule has 2 amide bonds. The number of hydrogen-bond donors (Lipinski definition) is 2. The molecule has 2 aromatic rings. The van der Waals surface area contributed by atoms with Crippen LogP contribution in [0.25, 0.3) is 0 Å². The molecule has 24 heavy (non-hydrogen) atoms. The molecule has 4 nitrogen and oxygen atoms in total. The van der Waals surface area contributed by atoms with E-state index in [0.717, 1.165) is 22.4 Å². The van der Waals surface area contributed by atoms with E-state index < -0.39 is 5.41 Å². The van der Waals surface area contributed by atoms with Crippen molar-refractivity contribution in [3.8, 4) is 0 Å². The van der Waals surface area contributed by atoms with E-state index in [0.29, 0.717) is 17.9 Å². The molecule has 0 aromatic heterocycles. The topological polar surface area (TPSA) is 58.2 Å². The number of fused-ring (bicyclic) bond motifs is 2. The van der Waals surface area contributed by atoms with E-state index in [9.17, 15) is 9.59 Å². The van der Waals surface area contributed by atoms with Crippen LogP contribution in [0.15, 0.2) is 42.5 Å². The highest BCUT2D eigenvalue weighted by Crippen LogP contribution is 2.51. The first kappa shape index (κ1) is 15.2. The van der Waals surface area contributed by atoms with Gasteiger partial charge >= 0.3 is 0 Å². The van der Waals surface area contributed by atoms with Crippen molar-refractivity contribution in [2.24, 2.45) is 0 Å². The van der Waals surface area contributed by atoms with E-state index in [2.05, 4.69) is 10.6 Å². The minimum absolute atomic E-state index is 0.0240. The summed E-state index contributed by atoms with van der Waals surface area (Å²) in [7, 11) is 0. The van der Waals surface area contributed by atoms with Crippen LogP contribution in [-0.2, 0) is 15.0 Å². The van der Waals surface area contributed by atoms with Crippen LogP contribution in [0.3, 0.4) is 0 Å². The van der Waals surface area contributed by atoms with Crippen molar-refractivity contribution in [2.75, 3.05) is 5.32 Å². The molecule has 122 valence electrons. The molecule has 2 aliphatic rings. The fourth-order valence-corrected chi connectivity index (χ4v) is 4.14. The Morgan fingerprint density at radius 2 is 1.96 bits per heavy atom. The van der Waals surface area contributed by atoms with Gasteiger partial charge in [0.2, 0.25) is 11.8 Å². The molecule has 2 heterocycles. The van der Waals surface area contributed by atoms with Gasteiger partial charge in [0, 0.05) is 17.1 Å². The Kier molecular flexibility index (Phi) is 3.39. The molecule has 1 fully saturated rings. The van der Waals surface area contributed by atoms with E-state index in [1.54, 1.807) is 12.1 Å². The van der Waals surface area contributed by atoms with Crippen LogP contribution in [-0.4, -0.2) is 11.8 Å². The Morgan fingerprint density at radius 3 is 2.75 bits per heavy atom. The number of rotatable bonds is 1. The predicted molar refractivity (Wildman–Crippen MR) is 93.1 cm³/mol. The van der Waals surface area contributed by atoms with Gasteiger partial charge in [0.05, 0.1) is 6.04 Å². The molecule has 2 aliphatic heterocycles. The lowest BCUT2D eigenvalue weighted by molar-refractivity contribution is -0.130. The van der Waals surface area contributed by atoms with E-state index in [-0.39, 0.29) is 17.9 Å². The maximum atomic E-state index is 13.0. The van der Waals surface area contributed by atoms with Crippen LogP contribution < -0.4 is 10.6 Å². The van der Waals surface area contributed by atoms with Gasteiger partial charge in [0.25, 0.3) is 0 Å². The molecule has 2 atom stereocenters. The average molecular weight is 341 g/mol. The molecule has 0 saturated carbocycles. The summed E-state index contributed by atoms with van der Waals surface area (Å²) in [4.78, 5) is 25.1. The lowest BCUT2D eigenvalue weighted by Crippen LogP contribution is -2.52. The van der Waals surface area contributed by atoms with Crippen LogP contribution in [0.4, 0.5) is 5.69 Å². The highest BCUT2D eigenvalue weighted by atomic mass is 35.5. The van der Waals surface area contributed by atoms with Crippen molar-refractivity contribution < 1.29 is 9.59 Å². The molecule has 0 bridgehead atoms. The van der Waals surface area contributed by atoms with Gasteiger partial charge in [-0.2, -0.15) is 0 Å². The number of carbonyl (C=O) groups is 2. The van der Waals surface area contributed by atoms with E-state index in [1.807, 2.05) is 37.3 Å². The fraction of sp³-hybridized carbons (Fsp3) is 0.263. The average Bonchev–Trinajstić information content (AvgIpc) is 2.82. The van der Waals surface area contributed by atoms with E-state index in [1.165, 1.54) is 0 Å². The van der Waals surface area contributed by atoms with Gasteiger partial charge in [-0.05, 0) is 42.2 Å². The predicted octanol–water partition coefficient (Wildman–Crippen LogP) is 3.49. The number of halogens is 1. The van der Waals surface area contributed by atoms with Gasteiger partial charge < -0.3 is 10.6 Å². The van der Waals surface area contributed by atoms with Gasteiger partial charge in [-0.3, -0.25) is 9.59 Å². The van der Waals surface area contributed by atoms with Gasteiger partial charge in [0.15, 0.2) is 0 Å². The minimum atomic E-state index is -0.792. The number of aryl methyl sites for hydroxylation is 1. The smallest absolute Gasteiger partial charge is 0.237 e. The van der Waals surface area contributed by atoms with Crippen LogP contribution >= 0.6 is 11.6 Å². The van der Waals surface area contributed by atoms with Gasteiger partial charge in [-0.25, -0.2) is 0 Å². The Bertz CT molecular complexity index is 864. The number of nitrogens with one attached hydrogen (secondary N) is 2. The third-order valence-corrected chi connectivity index (χ3v) is 5.39. The normalized spacial score (nSPS) is 25.3. The molecule has 0 unspecified atom stereocenters. The quantitative estimate of drug-likeness (QED) is 0.835. The lowest BCUT2D eigenvalue weighted by Gasteiger charge is -2.41. The molecule has 2 N–H and O–H groups in total. The molecular weight excluding hydrogens is 324 g/mol. The van der Waals surface area contributed by atoms with Crippen molar-refractivity contribution in [1.29, 1.82) is 0 Å². The van der Waals surface area contributed by atoms with Crippen LogP contribution in [0.2, 0.25) is 5.02 Å². The molecular formula is C19H17ClN2O2. The monoisotopic (exact) mass is 340 g/mol. The van der Waals surface area contributed by atoms with Gasteiger partial charge in [0.1, 0.15) is 5.41 Å². The molecule has 0 radical (unpaired) electrons. The molecule has 2 aromatic carbocycles. The van der Waals surface area contributed by atoms with E-state index in [4.69, 9.17) is 11.6 Å². The van der Waals surface area contributed by atoms with Crippen LogP contribution in [0, 0.1) is 6.92 Å². The summed E-state index contributed by atoms with van der Waals surface area (Å²) in [5.41, 5.74) is 2.88. The first-order valence-corrected chi connectivity index (χ1v) is 8.36.